The van der Waals surface area contributed by atoms with E-state index in [1.54, 1.807) is 12.1 Å². The van der Waals surface area contributed by atoms with Crippen LogP contribution in [0.5, 0.6) is 0 Å². The number of nitrogens with one attached hydrogen (secondary N) is 1. The topological polar surface area (TPSA) is 78.9 Å². The molecule has 0 aromatic heterocycles. The van der Waals surface area contributed by atoms with Crippen LogP contribution in [0.2, 0.25) is 0 Å². The average Bonchev–Trinajstić information content (AvgIpc) is 2.28. The predicted molar refractivity (Wildman–Crippen MR) is 70.7 cm³/mol. The van der Waals surface area contributed by atoms with E-state index >= 15 is 0 Å². The Bertz CT molecular complexity index is 431. The lowest BCUT2D eigenvalue weighted by Crippen LogP contribution is -2.36. The molecule has 0 fully saturated rings. The molecule has 4 nitrogen and oxygen atoms in total. The highest BCUT2D eigenvalue weighted by Gasteiger charge is 2.11. The minimum Gasteiger partial charge on any atom is -0.354 e. The van der Waals surface area contributed by atoms with E-state index in [0.29, 0.717) is 18.4 Å². The van der Waals surface area contributed by atoms with Gasteiger partial charge in [0.2, 0.25) is 5.91 Å². The molecule has 0 heterocycles. The van der Waals surface area contributed by atoms with Gasteiger partial charge in [0.1, 0.15) is 0 Å². The number of hydrogen-bond donors (Lipinski definition) is 2. The van der Waals surface area contributed by atoms with Crippen molar-refractivity contribution in [1.82, 2.24) is 5.32 Å². The molecular formula is C14H19N3O. The SMILES string of the molecule is CC(C)NC(=O)CC(N)Cc1ccc(C#N)cc1. The Hall–Kier alpha value is -1.86. The lowest BCUT2D eigenvalue weighted by atomic mass is 10.0. The highest BCUT2D eigenvalue weighted by molar-refractivity contribution is 5.76. The first kappa shape index (κ1) is 14.2. The standard InChI is InChI=1S/C14H19N3O/c1-10(2)17-14(18)8-13(16)7-11-3-5-12(9-15)6-4-11/h3-6,10,13H,7-8,16H2,1-2H3,(H,17,18). The molecule has 1 aromatic rings. The zero-order valence-electron chi connectivity index (χ0n) is 10.8. The molecule has 1 amide bonds. The van der Waals surface area contributed by atoms with E-state index in [1.165, 1.54) is 0 Å². The van der Waals surface area contributed by atoms with Gasteiger partial charge in [0.15, 0.2) is 0 Å². The summed E-state index contributed by atoms with van der Waals surface area (Å²) in [4.78, 5) is 11.5. The lowest BCUT2D eigenvalue weighted by molar-refractivity contribution is -0.121. The van der Waals surface area contributed by atoms with Gasteiger partial charge in [0, 0.05) is 18.5 Å². The highest BCUT2D eigenvalue weighted by Crippen LogP contribution is 2.07. The number of nitriles is 1. The maximum absolute atomic E-state index is 11.5. The second-order valence-electron chi connectivity index (χ2n) is 4.70. The summed E-state index contributed by atoms with van der Waals surface area (Å²) in [5, 5.41) is 11.5. The second-order valence-corrected chi connectivity index (χ2v) is 4.70. The van der Waals surface area contributed by atoms with Crippen LogP contribution in [0.15, 0.2) is 24.3 Å². The third kappa shape index (κ3) is 4.98. The summed E-state index contributed by atoms with van der Waals surface area (Å²) < 4.78 is 0. The molecule has 1 atom stereocenters. The van der Waals surface area contributed by atoms with Gasteiger partial charge >= 0.3 is 0 Å². The van der Waals surface area contributed by atoms with Crippen molar-refractivity contribution in [3.63, 3.8) is 0 Å². The van der Waals surface area contributed by atoms with Gasteiger partial charge in [-0.05, 0) is 38.0 Å². The second kappa shape index (κ2) is 6.77. The largest absolute Gasteiger partial charge is 0.354 e. The van der Waals surface area contributed by atoms with Crippen molar-refractivity contribution >= 4 is 5.91 Å². The van der Waals surface area contributed by atoms with E-state index in [2.05, 4.69) is 11.4 Å². The van der Waals surface area contributed by atoms with Gasteiger partial charge in [-0.3, -0.25) is 4.79 Å². The Morgan fingerprint density at radius 3 is 2.50 bits per heavy atom. The fraction of sp³-hybridized carbons (Fsp3) is 0.429. The highest BCUT2D eigenvalue weighted by atomic mass is 16.1. The van der Waals surface area contributed by atoms with Gasteiger partial charge in [-0.1, -0.05) is 12.1 Å². The fourth-order valence-electron chi connectivity index (χ4n) is 1.71. The monoisotopic (exact) mass is 245 g/mol. The zero-order chi connectivity index (χ0) is 13.5. The van der Waals surface area contributed by atoms with Gasteiger partial charge in [0.25, 0.3) is 0 Å². The van der Waals surface area contributed by atoms with Crippen molar-refractivity contribution < 1.29 is 4.79 Å². The Kier molecular flexibility index (Phi) is 5.34. The number of amides is 1. The van der Waals surface area contributed by atoms with Crippen LogP contribution in [-0.2, 0) is 11.2 Å². The Labute approximate surface area is 108 Å². The van der Waals surface area contributed by atoms with Crippen LogP contribution in [0.4, 0.5) is 0 Å². The molecule has 0 saturated heterocycles. The molecule has 1 aromatic carbocycles. The zero-order valence-corrected chi connectivity index (χ0v) is 10.8. The fourth-order valence-corrected chi connectivity index (χ4v) is 1.71. The maximum atomic E-state index is 11.5. The molecule has 1 rings (SSSR count). The molecule has 0 aliphatic heterocycles. The quantitative estimate of drug-likeness (QED) is 0.821. The molecule has 0 aliphatic carbocycles. The molecule has 1 unspecified atom stereocenters. The van der Waals surface area contributed by atoms with E-state index in [-0.39, 0.29) is 18.0 Å². The summed E-state index contributed by atoms with van der Waals surface area (Å²) in [5.74, 6) is -0.0221. The van der Waals surface area contributed by atoms with Crippen LogP contribution in [-0.4, -0.2) is 18.0 Å². The third-order valence-electron chi connectivity index (χ3n) is 2.48. The van der Waals surface area contributed by atoms with Crippen LogP contribution in [0.25, 0.3) is 0 Å². The molecule has 0 radical (unpaired) electrons. The first-order valence-electron chi connectivity index (χ1n) is 6.05. The number of hydrogen-bond acceptors (Lipinski definition) is 3. The van der Waals surface area contributed by atoms with Crippen molar-refractivity contribution in [2.24, 2.45) is 5.73 Å². The predicted octanol–water partition coefficient (Wildman–Crippen LogP) is 1.34. The Morgan fingerprint density at radius 1 is 1.39 bits per heavy atom. The molecule has 3 N–H and O–H groups in total. The normalized spacial score (nSPS) is 11.9. The Balaban J connectivity index is 2.46. The van der Waals surface area contributed by atoms with Crippen LogP contribution in [0.3, 0.4) is 0 Å². The number of nitrogens with zero attached hydrogens (tertiary/aromatic N) is 1. The minimum absolute atomic E-state index is 0.0221. The molecule has 0 spiro atoms. The maximum Gasteiger partial charge on any atom is 0.221 e. The number of rotatable bonds is 5. The van der Waals surface area contributed by atoms with Crippen molar-refractivity contribution in [2.45, 2.75) is 38.8 Å². The summed E-state index contributed by atoms with van der Waals surface area (Å²) in [6, 6.07) is 9.27. The van der Waals surface area contributed by atoms with Crippen molar-refractivity contribution in [2.75, 3.05) is 0 Å². The molecular weight excluding hydrogens is 226 g/mol. The van der Waals surface area contributed by atoms with Crippen LogP contribution in [0.1, 0.15) is 31.4 Å². The summed E-state index contributed by atoms with van der Waals surface area (Å²) in [7, 11) is 0. The van der Waals surface area contributed by atoms with Gasteiger partial charge < -0.3 is 11.1 Å². The van der Waals surface area contributed by atoms with Crippen LogP contribution >= 0.6 is 0 Å². The van der Waals surface area contributed by atoms with Gasteiger partial charge in [-0.25, -0.2) is 0 Å². The van der Waals surface area contributed by atoms with Gasteiger partial charge in [-0.2, -0.15) is 5.26 Å². The summed E-state index contributed by atoms with van der Waals surface area (Å²) in [6.45, 7) is 3.84. The summed E-state index contributed by atoms with van der Waals surface area (Å²) in [6.07, 6.45) is 0.954. The van der Waals surface area contributed by atoms with E-state index < -0.39 is 0 Å². The number of carbonyl (C=O) groups is 1. The molecule has 4 heteroatoms. The van der Waals surface area contributed by atoms with E-state index in [0.717, 1.165) is 5.56 Å². The summed E-state index contributed by atoms with van der Waals surface area (Å²) >= 11 is 0. The number of nitrogens with two attached hydrogens (primary N) is 1. The molecule has 0 bridgehead atoms. The molecule has 0 saturated carbocycles. The summed E-state index contributed by atoms with van der Waals surface area (Å²) in [5.41, 5.74) is 7.60. The van der Waals surface area contributed by atoms with E-state index in [9.17, 15) is 4.79 Å². The van der Waals surface area contributed by atoms with E-state index in [1.807, 2.05) is 26.0 Å². The first-order valence-corrected chi connectivity index (χ1v) is 6.05. The van der Waals surface area contributed by atoms with Crippen LogP contribution in [0, 0.1) is 11.3 Å². The van der Waals surface area contributed by atoms with Crippen molar-refractivity contribution in [1.29, 1.82) is 5.26 Å². The molecule has 96 valence electrons. The minimum atomic E-state index is -0.198. The smallest absolute Gasteiger partial charge is 0.221 e. The van der Waals surface area contributed by atoms with Gasteiger partial charge in [0.05, 0.1) is 11.6 Å². The lowest BCUT2D eigenvalue weighted by Gasteiger charge is -2.13. The molecule has 18 heavy (non-hydrogen) atoms. The third-order valence-corrected chi connectivity index (χ3v) is 2.48. The first-order chi connectivity index (χ1) is 8.51. The van der Waals surface area contributed by atoms with E-state index in [4.69, 9.17) is 11.0 Å². The van der Waals surface area contributed by atoms with Crippen molar-refractivity contribution in [3.8, 4) is 6.07 Å². The molecule has 0 aliphatic rings. The Morgan fingerprint density at radius 2 is 2.00 bits per heavy atom. The van der Waals surface area contributed by atoms with Crippen molar-refractivity contribution in [3.05, 3.63) is 35.4 Å². The number of benzene rings is 1. The van der Waals surface area contributed by atoms with Gasteiger partial charge in [-0.15, -0.1) is 0 Å². The van der Waals surface area contributed by atoms with Crippen LogP contribution < -0.4 is 11.1 Å². The number of carbonyl (C=O) groups excluding carboxylic acids is 1. The average molecular weight is 245 g/mol.